The Morgan fingerprint density at radius 2 is 1.76 bits per heavy atom. The Labute approximate surface area is 123 Å². The van der Waals surface area contributed by atoms with Crippen LogP contribution in [-0.4, -0.2) is 34.6 Å². The van der Waals surface area contributed by atoms with Gasteiger partial charge in [0.25, 0.3) is 5.91 Å². The number of carboxylic acids is 1. The summed E-state index contributed by atoms with van der Waals surface area (Å²) in [5.41, 5.74) is -0.378. The molecule has 0 fully saturated rings. The van der Waals surface area contributed by atoms with Gasteiger partial charge in [0, 0.05) is 5.56 Å². The molecule has 0 saturated carbocycles. The monoisotopic (exact) mass is 293 g/mol. The molecule has 1 amide bonds. The molecular weight excluding hydrogens is 274 g/mol. The summed E-state index contributed by atoms with van der Waals surface area (Å²) >= 11 is 0. The number of carboxylic acid groups (broad SMARTS) is 1. The lowest BCUT2D eigenvalue weighted by Crippen LogP contribution is -2.43. The molecule has 21 heavy (non-hydrogen) atoms. The van der Waals surface area contributed by atoms with Crippen LogP contribution in [0.15, 0.2) is 30.3 Å². The molecule has 0 radical (unpaired) electrons. The second-order valence-corrected chi connectivity index (χ2v) is 5.52. The van der Waals surface area contributed by atoms with Gasteiger partial charge < -0.3 is 15.2 Å². The molecule has 2 N–H and O–H groups in total. The van der Waals surface area contributed by atoms with Crippen molar-refractivity contribution in [3.05, 3.63) is 35.9 Å². The lowest BCUT2D eigenvalue weighted by Gasteiger charge is -2.21. The number of nitrogens with one attached hydrogen (secondary N) is 1. The average Bonchev–Trinajstić information content (AvgIpc) is 2.36. The van der Waals surface area contributed by atoms with E-state index in [0.717, 1.165) is 0 Å². The fraction of sp³-hybridized carbons (Fsp3) is 0.400. The minimum atomic E-state index is -1.33. The number of ether oxygens (including phenoxy) is 1. The number of carbonyl (C=O) groups excluding carboxylic acids is 2. The van der Waals surface area contributed by atoms with Crippen molar-refractivity contribution >= 4 is 17.8 Å². The quantitative estimate of drug-likeness (QED) is 0.804. The van der Waals surface area contributed by atoms with Crippen molar-refractivity contribution < 1.29 is 24.2 Å². The van der Waals surface area contributed by atoms with Gasteiger partial charge >= 0.3 is 11.9 Å². The fourth-order valence-electron chi connectivity index (χ4n) is 1.58. The summed E-state index contributed by atoms with van der Waals surface area (Å²) in [7, 11) is 0. The lowest BCUT2D eigenvalue weighted by atomic mass is 10.1. The number of benzene rings is 1. The first-order valence-corrected chi connectivity index (χ1v) is 6.49. The molecule has 0 saturated heterocycles. The molecule has 1 rings (SSSR count). The Kier molecular flexibility index (Phi) is 5.46. The van der Waals surface area contributed by atoms with E-state index in [1.165, 1.54) is 0 Å². The topological polar surface area (TPSA) is 92.7 Å². The second kappa shape index (κ2) is 6.88. The van der Waals surface area contributed by atoms with E-state index in [2.05, 4.69) is 5.32 Å². The van der Waals surface area contributed by atoms with Crippen molar-refractivity contribution in [2.75, 3.05) is 0 Å². The van der Waals surface area contributed by atoms with Crippen molar-refractivity contribution in [1.29, 1.82) is 0 Å². The van der Waals surface area contributed by atoms with E-state index in [9.17, 15) is 14.4 Å². The highest BCUT2D eigenvalue weighted by atomic mass is 16.6. The first-order valence-electron chi connectivity index (χ1n) is 6.49. The van der Waals surface area contributed by atoms with Gasteiger partial charge in [0.05, 0.1) is 6.42 Å². The summed E-state index contributed by atoms with van der Waals surface area (Å²) in [6, 6.07) is 6.86. The molecule has 1 aromatic rings. The van der Waals surface area contributed by atoms with Gasteiger partial charge in [-0.15, -0.1) is 0 Å². The Morgan fingerprint density at radius 1 is 1.19 bits per heavy atom. The molecule has 0 bridgehead atoms. The molecule has 0 unspecified atom stereocenters. The molecule has 6 heteroatoms. The van der Waals surface area contributed by atoms with Crippen LogP contribution < -0.4 is 5.32 Å². The summed E-state index contributed by atoms with van der Waals surface area (Å²) in [6.07, 6.45) is -0.425. The minimum absolute atomic E-state index is 0.327. The first kappa shape index (κ1) is 16.7. The van der Waals surface area contributed by atoms with E-state index in [1.54, 1.807) is 51.1 Å². The van der Waals surface area contributed by atoms with Gasteiger partial charge in [0.2, 0.25) is 0 Å². The fourth-order valence-corrected chi connectivity index (χ4v) is 1.58. The Hall–Kier alpha value is -2.37. The number of carbonyl (C=O) groups is 3. The van der Waals surface area contributed by atoms with E-state index >= 15 is 0 Å². The molecule has 0 aliphatic carbocycles. The number of esters is 1. The van der Waals surface area contributed by atoms with Crippen LogP contribution in [0.25, 0.3) is 0 Å². The zero-order chi connectivity index (χ0) is 16.0. The van der Waals surface area contributed by atoms with Crippen molar-refractivity contribution in [1.82, 2.24) is 5.32 Å². The molecular formula is C15H19NO5. The third kappa shape index (κ3) is 6.07. The van der Waals surface area contributed by atoms with Gasteiger partial charge in [0.15, 0.2) is 0 Å². The number of aliphatic carboxylic acids is 1. The molecule has 0 aliphatic heterocycles. The van der Waals surface area contributed by atoms with Crippen LogP contribution in [0.2, 0.25) is 0 Å². The molecule has 1 aromatic carbocycles. The summed E-state index contributed by atoms with van der Waals surface area (Å²) in [5, 5.41) is 11.4. The van der Waals surface area contributed by atoms with E-state index in [1.807, 2.05) is 0 Å². The van der Waals surface area contributed by atoms with E-state index in [-0.39, 0.29) is 0 Å². The zero-order valence-corrected chi connectivity index (χ0v) is 12.3. The van der Waals surface area contributed by atoms with Gasteiger partial charge in [-0.05, 0) is 32.9 Å². The summed E-state index contributed by atoms with van der Waals surface area (Å²) < 4.78 is 5.05. The molecule has 0 aliphatic rings. The molecule has 1 atom stereocenters. The van der Waals surface area contributed by atoms with Crippen LogP contribution >= 0.6 is 0 Å². The van der Waals surface area contributed by atoms with E-state index in [4.69, 9.17) is 9.84 Å². The highest BCUT2D eigenvalue weighted by Gasteiger charge is 2.26. The second-order valence-electron chi connectivity index (χ2n) is 5.52. The smallest absolute Gasteiger partial charge is 0.326 e. The lowest BCUT2D eigenvalue weighted by molar-refractivity contribution is -0.158. The predicted molar refractivity (Wildman–Crippen MR) is 75.8 cm³/mol. The molecule has 0 aromatic heterocycles. The number of amides is 1. The predicted octanol–water partition coefficient (Wildman–Crippen LogP) is 1.60. The van der Waals surface area contributed by atoms with Gasteiger partial charge in [-0.25, -0.2) is 4.79 Å². The van der Waals surface area contributed by atoms with Gasteiger partial charge in [-0.2, -0.15) is 0 Å². The Bertz CT molecular complexity index is 519. The number of hydrogen-bond donors (Lipinski definition) is 2. The molecule has 114 valence electrons. The maximum atomic E-state index is 11.9. The highest BCUT2D eigenvalue weighted by Crippen LogP contribution is 2.10. The van der Waals surface area contributed by atoms with Crippen LogP contribution in [-0.2, 0) is 14.3 Å². The summed E-state index contributed by atoms with van der Waals surface area (Å²) in [6.45, 7) is 5.05. The average molecular weight is 293 g/mol. The van der Waals surface area contributed by atoms with Crippen LogP contribution in [0.4, 0.5) is 0 Å². The van der Waals surface area contributed by atoms with Crippen LogP contribution in [0, 0.1) is 0 Å². The van der Waals surface area contributed by atoms with Crippen molar-refractivity contribution in [2.45, 2.75) is 38.8 Å². The molecule has 0 spiro atoms. The number of rotatable bonds is 5. The minimum Gasteiger partial charge on any atom is -0.480 e. The third-order valence-electron chi connectivity index (χ3n) is 2.43. The normalized spacial score (nSPS) is 12.3. The van der Waals surface area contributed by atoms with Crippen LogP contribution in [0.1, 0.15) is 37.6 Å². The highest BCUT2D eigenvalue weighted by molar-refractivity contribution is 5.97. The summed E-state index contributed by atoms with van der Waals surface area (Å²) in [5.74, 6) is -2.51. The van der Waals surface area contributed by atoms with Crippen molar-refractivity contribution in [3.63, 3.8) is 0 Å². The van der Waals surface area contributed by atoms with E-state index in [0.29, 0.717) is 5.56 Å². The van der Waals surface area contributed by atoms with Crippen LogP contribution in [0.5, 0.6) is 0 Å². The standard InChI is InChI=1S/C15H19NO5/c1-15(2,3)21-12(17)9-11(14(19)20)16-13(18)10-7-5-4-6-8-10/h4-8,11H,9H2,1-3H3,(H,16,18)(H,19,20)/t11-/m0/s1. The molecule has 0 heterocycles. The largest absolute Gasteiger partial charge is 0.480 e. The SMILES string of the molecule is CC(C)(C)OC(=O)C[C@H](NC(=O)c1ccccc1)C(=O)O. The van der Waals surface area contributed by atoms with Crippen molar-refractivity contribution in [3.8, 4) is 0 Å². The summed E-state index contributed by atoms with van der Waals surface area (Å²) in [4.78, 5) is 34.7. The third-order valence-corrected chi connectivity index (χ3v) is 2.43. The Balaban J connectivity index is 2.69. The van der Waals surface area contributed by atoms with Crippen LogP contribution in [0.3, 0.4) is 0 Å². The Morgan fingerprint density at radius 3 is 2.24 bits per heavy atom. The van der Waals surface area contributed by atoms with Crippen molar-refractivity contribution in [2.24, 2.45) is 0 Å². The van der Waals surface area contributed by atoms with Gasteiger partial charge in [-0.1, -0.05) is 18.2 Å². The maximum absolute atomic E-state index is 11.9. The zero-order valence-electron chi connectivity index (χ0n) is 12.3. The first-order chi connectivity index (χ1) is 9.69. The maximum Gasteiger partial charge on any atom is 0.326 e. The number of hydrogen-bond acceptors (Lipinski definition) is 4. The van der Waals surface area contributed by atoms with Gasteiger partial charge in [0.1, 0.15) is 11.6 Å². The molecule has 6 nitrogen and oxygen atoms in total. The van der Waals surface area contributed by atoms with E-state index < -0.39 is 35.9 Å². The van der Waals surface area contributed by atoms with Gasteiger partial charge in [-0.3, -0.25) is 9.59 Å².